The van der Waals surface area contributed by atoms with Gasteiger partial charge in [0.05, 0.1) is 22.5 Å². The third-order valence-corrected chi connectivity index (χ3v) is 3.84. The predicted molar refractivity (Wildman–Crippen MR) is 95.8 cm³/mol. The summed E-state index contributed by atoms with van der Waals surface area (Å²) in [6, 6.07) is 13.6. The zero-order chi connectivity index (χ0) is 19.4. The highest BCUT2D eigenvalue weighted by Gasteiger charge is 2.30. The number of alkyl halides is 3. The van der Waals surface area contributed by atoms with Crippen LogP contribution in [0.25, 0.3) is 23.1 Å². The lowest BCUT2D eigenvalue weighted by Crippen LogP contribution is -2.06. The van der Waals surface area contributed by atoms with Crippen molar-refractivity contribution in [2.75, 3.05) is 4.90 Å². The van der Waals surface area contributed by atoms with Crippen LogP contribution >= 0.6 is 0 Å². The Bertz CT molecular complexity index is 1070. The van der Waals surface area contributed by atoms with Gasteiger partial charge in [0, 0.05) is 5.39 Å². The minimum absolute atomic E-state index is 0.265. The lowest BCUT2D eigenvalue weighted by atomic mass is 10.1. The van der Waals surface area contributed by atoms with E-state index in [1.54, 1.807) is 60.9 Å². The van der Waals surface area contributed by atoms with Crippen LogP contribution < -0.4 is 4.90 Å². The fourth-order valence-corrected chi connectivity index (χ4v) is 2.46. The second kappa shape index (κ2) is 7.19. The molecule has 0 amide bonds. The van der Waals surface area contributed by atoms with Crippen molar-refractivity contribution in [2.45, 2.75) is 6.18 Å². The van der Waals surface area contributed by atoms with Crippen molar-refractivity contribution in [3.63, 3.8) is 0 Å². The summed E-state index contributed by atoms with van der Waals surface area (Å²) in [5, 5.41) is 18.3. The predicted octanol–water partition coefficient (Wildman–Crippen LogP) is 5.19. The molecule has 132 valence electrons. The maximum atomic E-state index is 12.8. The van der Waals surface area contributed by atoms with Crippen molar-refractivity contribution in [1.29, 1.82) is 10.5 Å². The number of aromatic nitrogens is 1. The standard InChI is InChI=1S/C20H11F3N4/c21-20(22,23)16-6-4-15-5-8-17(26-19(15)11-16)7-1-14-2-9-18(10-3-14)27(12-24)13-25/h1-11H/b7-1+. The second-order valence-electron chi connectivity index (χ2n) is 5.60. The fourth-order valence-electron chi connectivity index (χ4n) is 2.46. The minimum atomic E-state index is -4.41. The molecule has 0 bridgehead atoms. The molecule has 0 N–H and O–H groups in total. The average molecular weight is 364 g/mol. The molecule has 2 aromatic carbocycles. The van der Waals surface area contributed by atoms with Gasteiger partial charge in [0.1, 0.15) is 0 Å². The van der Waals surface area contributed by atoms with Crippen LogP contribution in [0.2, 0.25) is 0 Å². The van der Waals surface area contributed by atoms with E-state index < -0.39 is 11.7 Å². The monoisotopic (exact) mass is 364 g/mol. The highest BCUT2D eigenvalue weighted by molar-refractivity contribution is 5.81. The van der Waals surface area contributed by atoms with Gasteiger partial charge in [0.25, 0.3) is 0 Å². The Labute approximate surface area is 153 Å². The molecule has 0 unspecified atom stereocenters. The van der Waals surface area contributed by atoms with Crippen LogP contribution in [-0.4, -0.2) is 4.98 Å². The largest absolute Gasteiger partial charge is 0.416 e. The Morgan fingerprint density at radius 3 is 2.19 bits per heavy atom. The molecule has 1 heterocycles. The number of hydrogen-bond donors (Lipinski definition) is 0. The summed E-state index contributed by atoms with van der Waals surface area (Å²) in [5.41, 5.74) is 1.28. The molecule has 0 aliphatic heterocycles. The Hall–Kier alpha value is -3.84. The number of rotatable bonds is 3. The van der Waals surface area contributed by atoms with E-state index in [1.165, 1.54) is 6.07 Å². The first-order chi connectivity index (χ1) is 12.9. The van der Waals surface area contributed by atoms with Crippen LogP contribution in [0.4, 0.5) is 18.9 Å². The van der Waals surface area contributed by atoms with Gasteiger partial charge in [-0.15, -0.1) is 0 Å². The quantitative estimate of drug-likeness (QED) is 0.474. The first-order valence-electron chi connectivity index (χ1n) is 7.76. The molecular weight excluding hydrogens is 353 g/mol. The van der Waals surface area contributed by atoms with E-state index in [1.807, 2.05) is 0 Å². The Kier molecular flexibility index (Phi) is 4.78. The smallest absolute Gasteiger partial charge is 0.248 e. The van der Waals surface area contributed by atoms with Crippen molar-refractivity contribution < 1.29 is 13.2 Å². The number of pyridine rings is 1. The number of fused-ring (bicyclic) bond motifs is 1. The van der Waals surface area contributed by atoms with Crippen molar-refractivity contribution in [3.8, 4) is 12.4 Å². The van der Waals surface area contributed by atoms with Gasteiger partial charge >= 0.3 is 6.18 Å². The number of benzene rings is 2. The van der Waals surface area contributed by atoms with Crippen molar-refractivity contribution in [3.05, 3.63) is 71.4 Å². The fraction of sp³-hybridized carbons (Fsp3) is 0.0500. The molecule has 0 atom stereocenters. The Morgan fingerprint density at radius 1 is 0.889 bits per heavy atom. The van der Waals surface area contributed by atoms with Crippen LogP contribution in [0.5, 0.6) is 0 Å². The van der Waals surface area contributed by atoms with E-state index in [4.69, 9.17) is 10.5 Å². The second-order valence-corrected chi connectivity index (χ2v) is 5.60. The molecule has 27 heavy (non-hydrogen) atoms. The van der Waals surface area contributed by atoms with Crippen molar-refractivity contribution in [1.82, 2.24) is 4.98 Å². The molecule has 1 aromatic heterocycles. The molecule has 4 nitrogen and oxygen atoms in total. The summed E-state index contributed by atoms with van der Waals surface area (Å²) in [4.78, 5) is 5.13. The summed E-state index contributed by atoms with van der Waals surface area (Å²) in [6.07, 6.45) is 2.50. The summed E-state index contributed by atoms with van der Waals surface area (Å²) in [6.45, 7) is 0. The van der Waals surface area contributed by atoms with Crippen molar-refractivity contribution in [2.24, 2.45) is 0 Å². The molecular formula is C20H11F3N4. The molecule has 0 fully saturated rings. The molecule has 0 radical (unpaired) electrons. The van der Waals surface area contributed by atoms with Crippen LogP contribution in [0.3, 0.4) is 0 Å². The summed E-state index contributed by atoms with van der Waals surface area (Å²) in [7, 11) is 0. The van der Waals surface area contributed by atoms with E-state index in [0.29, 0.717) is 16.8 Å². The summed E-state index contributed by atoms with van der Waals surface area (Å²) >= 11 is 0. The van der Waals surface area contributed by atoms with E-state index in [0.717, 1.165) is 22.6 Å². The first kappa shape index (κ1) is 18.0. The molecule has 0 aliphatic carbocycles. The maximum absolute atomic E-state index is 12.8. The zero-order valence-electron chi connectivity index (χ0n) is 13.8. The van der Waals surface area contributed by atoms with E-state index >= 15 is 0 Å². The molecule has 3 aromatic rings. The third kappa shape index (κ3) is 4.05. The van der Waals surface area contributed by atoms with Gasteiger partial charge < -0.3 is 0 Å². The molecule has 0 saturated carbocycles. The molecule has 0 saturated heterocycles. The number of halogens is 3. The molecule has 3 rings (SSSR count). The molecule has 0 spiro atoms. The SMILES string of the molecule is N#CN(C#N)c1ccc(/C=C/c2ccc3ccc(C(F)(F)F)cc3n2)cc1. The third-order valence-electron chi connectivity index (χ3n) is 3.84. The highest BCUT2D eigenvalue weighted by atomic mass is 19.4. The zero-order valence-corrected chi connectivity index (χ0v) is 13.8. The molecule has 7 heteroatoms. The van der Waals surface area contributed by atoms with Gasteiger partial charge in [0.2, 0.25) is 0 Å². The van der Waals surface area contributed by atoms with Gasteiger partial charge in [-0.3, -0.25) is 0 Å². The van der Waals surface area contributed by atoms with Crippen LogP contribution in [-0.2, 0) is 6.18 Å². The van der Waals surface area contributed by atoms with Gasteiger partial charge in [-0.1, -0.05) is 30.3 Å². The number of hydrogen-bond acceptors (Lipinski definition) is 4. The van der Waals surface area contributed by atoms with E-state index in [9.17, 15) is 13.2 Å². The van der Waals surface area contributed by atoms with Crippen LogP contribution in [0.15, 0.2) is 54.6 Å². The number of anilines is 1. The first-order valence-corrected chi connectivity index (χ1v) is 7.76. The Balaban J connectivity index is 1.85. The topological polar surface area (TPSA) is 63.7 Å². The maximum Gasteiger partial charge on any atom is 0.416 e. The normalized spacial score (nSPS) is 11.3. The average Bonchev–Trinajstić information content (AvgIpc) is 2.67. The van der Waals surface area contributed by atoms with Gasteiger partial charge in [-0.05, 0) is 42.0 Å². The van der Waals surface area contributed by atoms with E-state index in [2.05, 4.69) is 4.98 Å². The van der Waals surface area contributed by atoms with Crippen molar-refractivity contribution >= 4 is 28.7 Å². The van der Waals surface area contributed by atoms with Crippen LogP contribution in [0, 0.1) is 22.9 Å². The lowest BCUT2D eigenvalue weighted by Gasteiger charge is -2.07. The number of nitriles is 2. The van der Waals surface area contributed by atoms with E-state index in [-0.39, 0.29) is 5.52 Å². The van der Waals surface area contributed by atoms with Gasteiger partial charge in [-0.2, -0.15) is 28.6 Å². The minimum Gasteiger partial charge on any atom is -0.248 e. The summed E-state index contributed by atoms with van der Waals surface area (Å²) in [5.74, 6) is 0. The Morgan fingerprint density at radius 2 is 1.56 bits per heavy atom. The summed E-state index contributed by atoms with van der Waals surface area (Å²) < 4.78 is 38.5. The van der Waals surface area contributed by atoms with Crippen LogP contribution in [0.1, 0.15) is 16.8 Å². The van der Waals surface area contributed by atoms with Gasteiger partial charge in [-0.25, -0.2) is 4.98 Å². The molecule has 0 aliphatic rings. The highest BCUT2D eigenvalue weighted by Crippen LogP contribution is 2.31. The lowest BCUT2D eigenvalue weighted by molar-refractivity contribution is -0.137. The van der Waals surface area contributed by atoms with Gasteiger partial charge in [0.15, 0.2) is 12.4 Å². The number of nitrogens with zero attached hydrogens (tertiary/aromatic N) is 4.